The molecule has 1 aliphatic heterocycles. The Morgan fingerprint density at radius 1 is 1.40 bits per heavy atom. The normalized spacial score (nSPS) is 20.0. The van der Waals surface area contributed by atoms with Gasteiger partial charge in [0.15, 0.2) is 0 Å². The maximum absolute atomic E-state index is 12.4. The van der Waals surface area contributed by atoms with Crippen LogP contribution >= 0.6 is 0 Å². The summed E-state index contributed by atoms with van der Waals surface area (Å²) in [6, 6.07) is -0.648. The maximum atomic E-state index is 12.4. The molecule has 0 spiro atoms. The van der Waals surface area contributed by atoms with Crippen LogP contribution in [0.15, 0.2) is 0 Å². The zero-order valence-corrected chi connectivity index (χ0v) is 12.1. The Bertz CT molecular complexity index is 383. The largest absolute Gasteiger partial charge is 0.481 e. The van der Waals surface area contributed by atoms with Gasteiger partial charge in [0.1, 0.15) is 12.6 Å². The molecule has 2 atom stereocenters. The number of carbonyl (C=O) groups excluding carboxylic acids is 2. The number of hydrogen-bond acceptors (Lipinski definition) is 4. The molecular formula is C13H22N2O5. The first-order chi connectivity index (χ1) is 9.36. The van der Waals surface area contributed by atoms with E-state index in [-0.39, 0.29) is 30.9 Å². The predicted octanol–water partition coefficient (Wildman–Crippen LogP) is -0.293. The summed E-state index contributed by atoms with van der Waals surface area (Å²) < 4.78 is 4.72. The minimum Gasteiger partial charge on any atom is -0.481 e. The highest BCUT2D eigenvalue weighted by molar-refractivity contribution is 5.89. The summed E-state index contributed by atoms with van der Waals surface area (Å²) in [5.74, 6) is -2.06. The fourth-order valence-corrected chi connectivity index (χ4v) is 2.22. The lowest BCUT2D eigenvalue weighted by atomic mass is 10.0. The summed E-state index contributed by atoms with van der Waals surface area (Å²) in [6.07, 6.45) is 0.456. The SMILES string of the molecule is COCC(=O)N[C@H](C(=O)N1CCC(C(=O)O)C1)C(C)C. The van der Waals surface area contributed by atoms with Gasteiger partial charge in [-0.15, -0.1) is 0 Å². The molecule has 20 heavy (non-hydrogen) atoms. The number of hydrogen-bond donors (Lipinski definition) is 2. The second-order valence-electron chi connectivity index (χ2n) is 5.33. The van der Waals surface area contributed by atoms with Crippen LogP contribution in [-0.2, 0) is 19.1 Å². The Kier molecular flexibility index (Phi) is 5.94. The van der Waals surface area contributed by atoms with Gasteiger partial charge in [0, 0.05) is 20.2 Å². The zero-order chi connectivity index (χ0) is 15.3. The number of nitrogens with zero attached hydrogens (tertiary/aromatic N) is 1. The van der Waals surface area contributed by atoms with Gasteiger partial charge >= 0.3 is 5.97 Å². The van der Waals surface area contributed by atoms with Gasteiger partial charge in [0.2, 0.25) is 11.8 Å². The second kappa shape index (κ2) is 7.23. The van der Waals surface area contributed by atoms with Crippen LogP contribution in [0.1, 0.15) is 20.3 Å². The molecule has 1 unspecified atom stereocenters. The van der Waals surface area contributed by atoms with Gasteiger partial charge in [-0.2, -0.15) is 0 Å². The van der Waals surface area contributed by atoms with Crippen molar-refractivity contribution in [2.75, 3.05) is 26.8 Å². The van der Waals surface area contributed by atoms with E-state index in [2.05, 4.69) is 5.32 Å². The number of rotatable bonds is 6. The van der Waals surface area contributed by atoms with Gasteiger partial charge in [0.25, 0.3) is 0 Å². The van der Waals surface area contributed by atoms with Crippen molar-refractivity contribution in [3.05, 3.63) is 0 Å². The molecular weight excluding hydrogens is 264 g/mol. The van der Waals surface area contributed by atoms with Crippen molar-refractivity contribution in [3.63, 3.8) is 0 Å². The van der Waals surface area contributed by atoms with Gasteiger partial charge in [-0.05, 0) is 12.3 Å². The number of nitrogens with one attached hydrogen (secondary N) is 1. The summed E-state index contributed by atoms with van der Waals surface area (Å²) in [4.78, 5) is 36.3. The van der Waals surface area contributed by atoms with Crippen LogP contribution in [0, 0.1) is 11.8 Å². The van der Waals surface area contributed by atoms with E-state index in [0.29, 0.717) is 13.0 Å². The van der Waals surface area contributed by atoms with E-state index < -0.39 is 17.9 Å². The third-order valence-electron chi connectivity index (χ3n) is 3.37. The number of carboxylic acids is 1. The number of carbonyl (C=O) groups is 3. The first-order valence-electron chi connectivity index (χ1n) is 6.66. The first kappa shape index (κ1) is 16.4. The fourth-order valence-electron chi connectivity index (χ4n) is 2.22. The van der Waals surface area contributed by atoms with Crippen LogP contribution in [0.5, 0.6) is 0 Å². The number of ether oxygens (including phenoxy) is 1. The molecule has 2 amide bonds. The molecule has 0 aromatic carbocycles. The Balaban J connectivity index is 2.65. The highest BCUT2D eigenvalue weighted by atomic mass is 16.5. The number of aliphatic carboxylic acids is 1. The molecule has 0 aromatic heterocycles. The van der Waals surface area contributed by atoms with Crippen molar-refractivity contribution in [2.45, 2.75) is 26.3 Å². The molecule has 0 aliphatic carbocycles. The average molecular weight is 286 g/mol. The number of amides is 2. The Hall–Kier alpha value is -1.63. The third-order valence-corrected chi connectivity index (χ3v) is 3.37. The van der Waals surface area contributed by atoms with Crippen LogP contribution < -0.4 is 5.32 Å². The van der Waals surface area contributed by atoms with Crippen molar-refractivity contribution in [1.82, 2.24) is 10.2 Å². The Labute approximate surface area is 118 Å². The summed E-state index contributed by atoms with van der Waals surface area (Å²) in [5.41, 5.74) is 0. The molecule has 2 N–H and O–H groups in total. The van der Waals surface area contributed by atoms with Crippen LogP contribution in [0.2, 0.25) is 0 Å². The Morgan fingerprint density at radius 2 is 2.05 bits per heavy atom. The quantitative estimate of drug-likeness (QED) is 0.699. The van der Waals surface area contributed by atoms with Crippen molar-refractivity contribution in [1.29, 1.82) is 0 Å². The number of carboxylic acid groups (broad SMARTS) is 1. The van der Waals surface area contributed by atoms with E-state index in [4.69, 9.17) is 9.84 Å². The van der Waals surface area contributed by atoms with Crippen LogP contribution in [0.25, 0.3) is 0 Å². The van der Waals surface area contributed by atoms with Crippen LogP contribution in [0.3, 0.4) is 0 Å². The van der Waals surface area contributed by atoms with E-state index in [1.807, 2.05) is 13.8 Å². The Morgan fingerprint density at radius 3 is 2.50 bits per heavy atom. The lowest BCUT2D eigenvalue weighted by molar-refractivity contribution is -0.142. The number of methoxy groups -OCH3 is 1. The second-order valence-corrected chi connectivity index (χ2v) is 5.33. The van der Waals surface area contributed by atoms with E-state index in [1.165, 1.54) is 12.0 Å². The van der Waals surface area contributed by atoms with Gasteiger partial charge < -0.3 is 20.1 Å². The highest BCUT2D eigenvalue weighted by Crippen LogP contribution is 2.18. The standard InChI is InChI=1S/C13H22N2O5/c1-8(2)11(14-10(16)7-20-3)12(17)15-5-4-9(6-15)13(18)19/h8-9,11H,4-7H2,1-3H3,(H,14,16)(H,18,19)/t9?,11-/m0/s1. The highest BCUT2D eigenvalue weighted by Gasteiger charge is 2.35. The lowest BCUT2D eigenvalue weighted by Gasteiger charge is -2.26. The molecule has 1 saturated heterocycles. The maximum Gasteiger partial charge on any atom is 0.308 e. The lowest BCUT2D eigenvalue weighted by Crippen LogP contribution is -2.51. The third kappa shape index (κ3) is 4.19. The van der Waals surface area contributed by atoms with Gasteiger partial charge in [-0.1, -0.05) is 13.8 Å². The molecule has 0 radical (unpaired) electrons. The minimum atomic E-state index is -0.884. The van der Waals surface area contributed by atoms with E-state index in [9.17, 15) is 14.4 Å². The van der Waals surface area contributed by atoms with Gasteiger partial charge in [-0.25, -0.2) is 0 Å². The molecule has 1 aliphatic rings. The summed E-state index contributed by atoms with van der Waals surface area (Å²) >= 11 is 0. The molecule has 1 heterocycles. The molecule has 0 aromatic rings. The summed E-state index contributed by atoms with van der Waals surface area (Å²) in [7, 11) is 1.41. The van der Waals surface area contributed by atoms with Crippen molar-refractivity contribution < 1.29 is 24.2 Å². The van der Waals surface area contributed by atoms with Crippen LogP contribution in [0.4, 0.5) is 0 Å². The van der Waals surface area contributed by atoms with E-state index >= 15 is 0 Å². The molecule has 1 fully saturated rings. The molecule has 114 valence electrons. The molecule has 1 rings (SSSR count). The smallest absolute Gasteiger partial charge is 0.308 e. The molecule has 7 heteroatoms. The van der Waals surface area contributed by atoms with E-state index in [0.717, 1.165) is 0 Å². The van der Waals surface area contributed by atoms with Crippen LogP contribution in [-0.4, -0.2) is 60.6 Å². The first-order valence-corrected chi connectivity index (χ1v) is 6.66. The number of likely N-dealkylation sites (tertiary alicyclic amines) is 1. The van der Waals surface area contributed by atoms with Crippen molar-refractivity contribution in [3.8, 4) is 0 Å². The van der Waals surface area contributed by atoms with Gasteiger partial charge in [-0.3, -0.25) is 14.4 Å². The minimum absolute atomic E-state index is 0.0767. The summed E-state index contributed by atoms with van der Waals surface area (Å²) in [6.45, 7) is 4.19. The fraction of sp³-hybridized carbons (Fsp3) is 0.769. The molecule has 0 saturated carbocycles. The molecule has 0 bridgehead atoms. The molecule has 7 nitrogen and oxygen atoms in total. The summed E-state index contributed by atoms with van der Waals surface area (Å²) in [5, 5.41) is 11.6. The van der Waals surface area contributed by atoms with Crippen molar-refractivity contribution >= 4 is 17.8 Å². The monoisotopic (exact) mass is 286 g/mol. The van der Waals surface area contributed by atoms with Gasteiger partial charge in [0.05, 0.1) is 5.92 Å². The predicted molar refractivity (Wildman–Crippen MR) is 71.0 cm³/mol. The zero-order valence-electron chi connectivity index (χ0n) is 12.1. The average Bonchev–Trinajstić information content (AvgIpc) is 2.84. The van der Waals surface area contributed by atoms with E-state index in [1.54, 1.807) is 0 Å². The topological polar surface area (TPSA) is 95.9 Å². The van der Waals surface area contributed by atoms with Crippen molar-refractivity contribution in [2.24, 2.45) is 11.8 Å².